The molecule has 0 saturated carbocycles. The molecule has 2 rings (SSSR count). The molecule has 1 aliphatic rings. The number of hydrogen-bond acceptors (Lipinski definition) is 5. The number of aromatic hydroxyl groups is 1. The number of carbonyl (C=O) groups excluding carboxylic acids is 2. The highest BCUT2D eigenvalue weighted by molar-refractivity contribution is 5.93. The Kier molecular flexibility index (Phi) is 5.03. The maximum absolute atomic E-state index is 12.1. The van der Waals surface area contributed by atoms with Crippen molar-refractivity contribution in [3.05, 3.63) is 29.3 Å². The van der Waals surface area contributed by atoms with Gasteiger partial charge in [0.2, 0.25) is 0 Å². The highest BCUT2D eigenvalue weighted by Gasteiger charge is 2.26. The third-order valence-corrected chi connectivity index (χ3v) is 3.47. The lowest BCUT2D eigenvalue weighted by Gasteiger charge is -2.35. The number of esters is 1. The Morgan fingerprint density at radius 2 is 1.95 bits per heavy atom. The Hall–Kier alpha value is -2.08. The molecule has 120 valence electrons. The monoisotopic (exact) mass is 307 g/mol. The average molecular weight is 307 g/mol. The zero-order chi connectivity index (χ0) is 16.3. The van der Waals surface area contributed by atoms with Crippen LogP contribution in [0.5, 0.6) is 5.75 Å². The Labute approximate surface area is 129 Å². The molecule has 0 aliphatic carbocycles. The summed E-state index contributed by atoms with van der Waals surface area (Å²) in [6.07, 6.45) is -0.0749. The first kappa shape index (κ1) is 16.3. The fraction of sp³-hybridized carbons (Fsp3) is 0.500. The SMILES string of the molecule is Cc1ccc(C(=O)OCC(=O)N2C[C@H](C)O[C@@H](C)C2)c(O)c1. The molecule has 6 heteroatoms. The maximum atomic E-state index is 12.1. The number of amides is 1. The number of hydrogen-bond donors (Lipinski definition) is 1. The van der Waals surface area contributed by atoms with E-state index in [0.717, 1.165) is 5.56 Å². The summed E-state index contributed by atoms with van der Waals surface area (Å²) in [5.41, 5.74) is 0.892. The van der Waals surface area contributed by atoms with Crippen LogP contribution in [0.1, 0.15) is 29.8 Å². The van der Waals surface area contributed by atoms with Crippen molar-refractivity contribution in [1.29, 1.82) is 0 Å². The van der Waals surface area contributed by atoms with Crippen LogP contribution in [0.4, 0.5) is 0 Å². The van der Waals surface area contributed by atoms with Crippen LogP contribution >= 0.6 is 0 Å². The minimum absolute atomic E-state index is 0.0375. The van der Waals surface area contributed by atoms with Crippen molar-refractivity contribution in [2.24, 2.45) is 0 Å². The molecule has 1 fully saturated rings. The number of ether oxygens (including phenoxy) is 2. The molecule has 0 aromatic heterocycles. The van der Waals surface area contributed by atoms with E-state index in [2.05, 4.69) is 0 Å². The molecule has 1 heterocycles. The highest BCUT2D eigenvalue weighted by atomic mass is 16.5. The lowest BCUT2D eigenvalue weighted by atomic mass is 10.1. The van der Waals surface area contributed by atoms with Crippen LogP contribution in [-0.2, 0) is 14.3 Å². The van der Waals surface area contributed by atoms with Crippen molar-refractivity contribution in [2.45, 2.75) is 33.0 Å². The van der Waals surface area contributed by atoms with Crippen molar-refractivity contribution in [3.63, 3.8) is 0 Å². The van der Waals surface area contributed by atoms with E-state index >= 15 is 0 Å². The Bertz CT molecular complexity index is 562. The fourth-order valence-electron chi connectivity index (χ4n) is 2.49. The van der Waals surface area contributed by atoms with Gasteiger partial charge in [0, 0.05) is 13.1 Å². The molecule has 0 spiro atoms. The van der Waals surface area contributed by atoms with Crippen LogP contribution in [0.3, 0.4) is 0 Å². The van der Waals surface area contributed by atoms with Gasteiger partial charge in [0.25, 0.3) is 5.91 Å². The zero-order valence-corrected chi connectivity index (χ0v) is 13.0. The standard InChI is InChI=1S/C16H21NO5/c1-10-4-5-13(14(18)6-10)16(20)21-9-15(19)17-7-11(2)22-12(3)8-17/h4-6,11-12,18H,7-9H2,1-3H3/t11-,12-/m0/s1. The minimum Gasteiger partial charge on any atom is -0.507 e. The van der Waals surface area contributed by atoms with Gasteiger partial charge in [0.15, 0.2) is 6.61 Å². The number of phenolic OH excluding ortho intramolecular Hbond substituents is 1. The molecule has 6 nitrogen and oxygen atoms in total. The van der Waals surface area contributed by atoms with E-state index in [0.29, 0.717) is 13.1 Å². The fourth-order valence-corrected chi connectivity index (χ4v) is 2.49. The van der Waals surface area contributed by atoms with Crippen LogP contribution < -0.4 is 0 Å². The summed E-state index contributed by atoms with van der Waals surface area (Å²) in [6.45, 7) is 6.22. The number of aryl methyl sites for hydroxylation is 1. The van der Waals surface area contributed by atoms with E-state index in [9.17, 15) is 14.7 Å². The Morgan fingerprint density at radius 3 is 2.55 bits per heavy atom. The van der Waals surface area contributed by atoms with Gasteiger partial charge in [0.05, 0.1) is 12.2 Å². The predicted octanol–water partition coefficient (Wildman–Crippen LogP) is 1.49. The summed E-state index contributed by atoms with van der Waals surface area (Å²) in [6, 6.07) is 4.66. The van der Waals surface area contributed by atoms with E-state index in [1.807, 2.05) is 13.8 Å². The minimum atomic E-state index is -0.708. The molecule has 0 unspecified atom stereocenters. The molecular formula is C16H21NO5. The predicted molar refractivity (Wildman–Crippen MR) is 79.7 cm³/mol. The van der Waals surface area contributed by atoms with Crippen molar-refractivity contribution in [1.82, 2.24) is 4.90 Å². The van der Waals surface area contributed by atoms with Gasteiger partial charge in [-0.15, -0.1) is 0 Å². The number of benzene rings is 1. The number of phenols is 1. The zero-order valence-electron chi connectivity index (χ0n) is 13.0. The molecule has 1 N–H and O–H groups in total. The molecule has 0 radical (unpaired) electrons. The summed E-state index contributed by atoms with van der Waals surface area (Å²) in [5, 5.41) is 9.73. The largest absolute Gasteiger partial charge is 0.507 e. The van der Waals surface area contributed by atoms with E-state index in [1.165, 1.54) is 12.1 Å². The highest BCUT2D eigenvalue weighted by Crippen LogP contribution is 2.19. The molecular weight excluding hydrogens is 286 g/mol. The Balaban J connectivity index is 1.91. The summed E-state index contributed by atoms with van der Waals surface area (Å²) in [7, 11) is 0. The molecule has 1 aliphatic heterocycles. The van der Waals surface area contributed by atoms with Crippen molar-refractivity contribution >= 4 is 11.9 Å². The lowest BCUT2D eigenvalue weighted by Crippen LogP contribution is -2.49. The van der Waals surface area contributed by atoms with E-state index in [1.54, 1.807) is 17.9 Å². The van der Waals surface area contributed by atoms with Gasteiger partial charge >= 0.3 is 5.97 Å². The smallest absolute Gasteiger partial charge is 0.342 e. The molecule has 0 bridgehead atoms. The molecule has 1 aromatic carbocycles. The van der Waals surface area contributed by atoms with E-state index in [-0.39, 0.29) is 36.0 Å². The number of carbonyl (C=O) groups is 2. The van der Waals surface area contributed by atoms with E-state index in [4.69, 9.17) is 9.47 Å². The van der Waals surface area contributed by atoms with Crippen molar-refractivity contribution < 1.29 is 24.2 Å². The molecule has 2 atom stereocenters. The number of rotatable bonds is 3. The average Bonchev–Trinajstić information content (AvgIpc) is 2.43. The second kappa shape index (κ2) is 6.79. The van der Waals surface area contributed by atoms with Crippen LogP contribution in [0, 0.1) is 6.92 Å². The van der Waals surface area contributed by atoms with Gasteiger partial charge in [-0.05, 0) is 38.5 Å². The van der Waals surface area contributed by atoms with Gasteiger partial charge in [0.1, 0.15) is 11.3 Å². The molecule has 1 saturated heterocycles. The normalized spacial score (nSPS) is 21.5. The topological polar surface area (TPSA) is 76.1 Å². The maximum Gasteiger partial charge on any atom is 0.342 e. The van der Waals surface area contributed by atoms with Crippen LogP contribution in [-0.4, -0.2) is 53.8 Å². The first-order chi connectivity index (χ1) is 10.4. The third-order valence-electron chi connectivity index (χ3n) is 3.47. The van der Waals surface area contributed by atoms with Crippen LogP contribution in [0.25, 0.3) is 0 Å². The van der Waals surface area contributed by atoms with Gasteiger partial charge in [-0.1, -0.05) is 6.07 Å². The van der Waals surface area contributed by atoms with Crippen LogP contribution in [0.15, 0.2) is 18.2 Å². The first-order valence-corrected chi connectivity index (χ1v) is 7.26. The van der Waals surface area contributed by atoms with Crippen LogP contribution in [0.2, 0.25) is 0 Å². The van der Waals surface area contributed by atoms with Gasteiger partial charge < -0.3 is 19.5 Å². The van der Waals surface area contributed by atoms with Gasteiger partial charge in [-0.3, -0.25) is 4.79 Å². The third kappa shape index (κ3) is 3.98. The number of morpholine rings is 1. The van der Waals surface area contributed by atoms with Gasteiger partial charge in [-0.2, -0.15) is 0 Å². The summed E-state index contributed by atoms with van der Waals surface area (Å²) in [5.74, 6) is -1.12. The van der Waals surface area contributed by atoms with Gasteiger partial charge in [-0.25, -0.2) is 4.79 Å². The molecule has 22 heavy (non-hydrogen) atoms. The second-order valence-electron chi connectivity index (χ2n) is 5.65. The van der Waals surface area contributed by atoms with Crippen molar-refractivity contribution in [2.75, 3.05) is 19.7 Å². The quantitative estimate of drug-likeness (QED) is 0.856. The molecule has 1 amide bonds. The summed E-state index contributed by atoms with van der Waals surface area (Å²) in [4.78, 5) is 25.6. The van der Waals surface area contributed by atoms with Crippen molar-refractivity contribution in [3.8, 4) is 5.75 Å². The molecule has 1 aromatic rings. The van der Waals surface area contributed by atoms with E-state index < -0.39 is 5.97 Å². The number of nitrogens with zero attached hydrogens (tertiary/aromatic N) is 1. The Morgan fingerprint density at radius 1 is 1.32 bits per heavy atom. The second-order valence-corrected chi connectivity index (χ2v) is 5.65. The first-order valence-electron chi connectivity index (χ1n) is 7.26. The summed E-state index contributed by atoms with van der Waals surface area (Å²) >= 11 is 0. The lowest BCUT2D eigenvalue weighted by molar-refractivity contribution is -0.146. The summed E-state index contributed by atoms with van der Waals surface area (Å²) < 4.78 is 10.6.